The number of ether oxygens (including phenoxy) is 1. The van der Waals surface area contributed by atoms with Crippen LogP contribution in [0.25, 0.3) is 11.3 Å². The first-order valence-corrected chi connectivity index (χ1v) is 5.90. The zero-order valence-electron chi connectivity index (χ0n) is 11.1. The lowest BCUT2D eigenvalue weighted by Gasteiger charge is -2.07. The van der Waals surface area contributed by atoms with Crippen LogP contribution in [0, 0.1) is 12.7 Å². The molecule has 1 aromatic carbocycles. The van der Waals surface area contributed by atoms with Crippen molar-refractivity contribution in [3.05, 3.63) is 41.6 Å². The van der Waals surface area contributed by atoms with Gasteiger partial charge in [0.15, 0.2) is 11.6 Å². The molecule has 0 aliphatic rings. The average Bonchev–Trinajstić information content (AvgIpc) is 2.37. The maximum atomic E-state index is 13.7. The van der Waals surface area contributed by atoms with E-state index in [-0.39, 0.29) is 18.0 Å². The Balaban J connectivity index is 2.44. The van der Waals surface area contributed by atoms with E-state index in [9.17, 15) is 9.18 Å². The molecular formula is C14H13FN2O3. The Morgan fingerprint density at radius 2 is 2.10 bits per heavy atom. The van der Waals surface area contributed by atoms with Crippen LogP contribution in [0.1, 0.15) is 11.5 Å². The number of carboxylic acids is 1. The summed E-state index contributed by atoms with van der Waals surface area (Å²) < 4.78 is 18.5. The van der Waals surface area contributed by atoms with Gasteiger partial charge in [0.1, 0.15) is 12.2 Å². The van der Waals surface area contributed by atoms with Gasteiger partial charge in [-0.1, -0.05) is 0 Å². The molecule has 0 atom stereocenters. The molecule has 6 heteroatoms. The van der Waals surface area contributed by atoms with Crippen molar-refractivity contribution < 1.29 is 19.0 Å². The standard InChI is InChI=1S/C14H13FN2O3/c1-8-5-11(17-13(16-8)7-14(18)19)9-3-4-12(20-2)10(15)6-9/h3-6H,7H2,1-2H3,(H,18,19). The van der Waals surface area contributed by atoms with Crippen LogP contribution in [0.3, 0.4) is 0 Å². The molecule has 0 aliphatic carbocycles. The van der Waals surface area contributed by atoms with Crippen molar-refractivity contribution in [2.75, 3.05) is 7.11 Å². The van der Waals surface area contributed by atoms with Gasteiger partial charge in [0.05, 0.1) is 12.8 Å². The predicted molar refractivity (Wildman–Crippen MR) is 70.1 cm³/mol. The van der Waals surface area contributed by atoms with E-state index in [0.29, 0.717) is 17.0 Å². The van der Waals surface area contributed by atoms with E-state index >= 15 is 0 Å². The van der Waals surface area contributed by atoms with Gasteiger partial charge in [-0.15, -0.1) is 0 Å². The summed E-state index contributed by atoms with van der Waals surface area (Å²) in [6.45, 7) is 1.73. The summed E-state index contributed by atoms with van der Waals surface area (Å²) in [6, 6.07) is 6.13. The SMILES string of the molecule is COc1ccc(-c2cc(C)nc(CC(=O)O)n2)cc1F. The van der Waals surface area contributed by atoms with Gasteiger partial charge in [0, 0.05) is 11.3 Å². The number of aliphatic carboxylic acids is 1. The maximum Gasteiger partial charge on any atom is 0.311 e. The van der Waals surface area contributed by atoms with Gasteiger partial charge in [-0.05, 0) is 31.2 Å². The van der Waals surface area contributed by atoms with Crippen molar-refractivity contribution in [1.29, 1.82) is 0 Å². The molecule has 2 aromatic rings. The molecule has 0 unspecified atom stereocenters. The molecule has 1 N–H and O–H groups in total. The Bertz CT molecular complexity index is 659. The first-order chi connectivity index (χ1) is 9.49. The van der Waals surface area contributed by atoms with Crippen molar-refractivity contribution in [2.24, 2.45) is 0 Å². The highest BCUT2D eigenvalue weighted by molar-refractivity contribution is 5.69. The topological polar surface area (TPSA) is 72.3 Å². The Hall–Kier alpha value is -2.50. The number of aromatic nitrogens is 2. The van der Waals surface area contributed by atoms with E-state index in [4.69, 9.17) is 9.84 Å². The number of methoxy groups -OCH3 is 1. The van der Waals surface area contributed by atoms with Crippen LogP contribution in [-0.2, 0) is 11.2 Å². The molecule has 5 nitrogen and oxygen atoms in total. The van der Waals surface area contributed by atoms with Crippen LogP contribution in [0.2, 0.25) is 0 Å². The monoisotopic (exact) mass is 276 g/mol. The molecule has 1 aromatic heterocycles. The number of benzene rings is 1. The van der Waals surface area contributed by atoms with Crippen LogP contribution < -0.4 is 4.74 Å². The molecule has 0 radical (unpaired) electrons. The van der Waals surface area contributed by atoms with Gasteiger partial charge in [-0.2, -0.15) is 0 Å². The van der Waals surface area contributed by atoms with E-state index in [1.54, 1.807) is 19.1 Å². The minimum absolute atomic E-state index is 0.144. The summed E-state index contributed by atoms with van der Waals surface area (Å²) in [5, 5.41) is 8.78. The van der Waals surface area contributed by atoms with Crippen LogP contribution in [0.5, 0.6) is 5.75 Å². The van der Waals surface area contributed by atoms with Crippen LogP contribution in [-0.4, -0.2) is 28.2 Å². The Morgan fingerprint density at radius 1 is 1.35 bits per heavy atom. The smallest absolute Gasteiger partial charge is 0.311 e. The lowest BCUT2D eigenvalue weighted by Crippen LogP contribution is -2.06. The third-order valence-corrected chi connectivity index (χ3v) is 2.66. The Morgan fingerprint density at radius 3 is 2.70 bits per heavy atom. The van der Waals surface area contributed by atoms with Crippen LogP contribution in [0.15, 0.2) is 24.3 Å². The fourth-order valence-corrected chi connectivity index (χ4v) is 1.82. The molecule has 0 saturated carbocycles. The molecule has 0 bridgehead atoms. The van der Waals surface area contributed by atoms with Gasteiger partial charge in [0.25, 0.3) is 0 Å². The first kappa shape index (κ1) is 13.9. The van der Waals surface area contributed by atoms with Crippen molar-refractivity contribution in [3.8, 4) is 17.0 Å². The zero-order valence-corrected chi connectivity index (χ0v) is 11.1. The summed E-state index contributed by atoms with van der Waals surface area (Å²) in [4.78, 5) is 18.9. The normalized spacial score (nSPS) is 10.3. The summed E-state index contributed by atoms with van der Waals surface area (Å²) in [5.41, 5.74) is 1.65. The molecule has 1 heterocycles. The average molecular weight is 276 g/mol. The molecule has 0 fully saturated rings. The summed E-state index contributed by atoms with van der Waals surface area (Å²) >= 11 is 0. The number of nitrogens with zero attached hydrogens (tertiary/aromatic N) is 2. The quantitative estimate of drug-likeness (QED) is 0.927. The third kappa shape index (κ3) is 3.09. The van der Waals surface area contributed by atoms with Gasteiger partial charge >= 0.3 is 5.97 Å². The number of rotatable bonds is 4. The largest absolute Gasteiger partial charge is 0.494 e. The summed E-state index contributed by atoms with van der Waals surface area (Å²) in [5.74, 6) is -1.17. The highest BCUT2D eigenvalue weighted by Gasteiger charge is 2.10. The minimum atomic E-state index is -1.01. The van der Waals surface area contributed by atoms with Crippen molar-refractivity contribution in [3.63, 3.8) is 0 Å². The number of halogens is 1. The van der Waals surface area contributed by atoms with Crippen LogP contribution in [0.4, 0.5) is 4.39 Å². The second kappa shape index (κ2) is 5.64. The van der Waals surface area contributed by atoms with Crippen molar-refractivity contribution in [1.82, 2.24) is 9.97 Å². The zero-order chi connectivity index (χ0) is 14.7. The molecule has 0 amide bonds. The molecule has 0 saturated heterocycles. The fraction of sp³-hybridized carbons (Fsp3) is 0.214. The molecule has 20 heavy (non-hydrogen) atoms. The van der Waals surface area contributed by atoms with Gasteiger partial charge in [-0.25, -0.2) is 14.4 Å². The summed E-state index contributed by atoms with van der Waals surface area (Å²) in [7, 11) is 1.39. The highest BCUT2D eigenvalue weighted by atomic mass is 19.1. The Labute approximate surface area is 115 Å². The van der Waals surface area contributed by atoms with E-state index in [1.807, 2.05) is 0 Å². The predicted octanol–water partition coefficient (Wildman–Crippen LogP) is 2.23. The van der Waals surface area contributed by atoms with Crippen LogP contribution >= 0.6 is 0 Å². The highest BCUT2D eigenvalue weighted by Crippen LogP contribution is 2.24. The number of hydrogen-bond acceptors (Lipinski definition) is 4. The van der Waals surface area contributed by atoms with Gasteiger partial charge in [0.2, 0.25) is 0 Å². The number of carbonyl (C=O) groups is 1. The lowest BCUT2D eigenvalue weighted by molar-refractivity contribution is -0.136. The summed E-state index contributed by atoms with van der Waals surface area (Å²) in [6.07, 6.45) is -0.271. The van der Waals surface area contributed by atoms with E-state index < -0.39 is 11.8 Å². The first-order valence-electron chi connectivity index (χ1n) is 5.90. The van der Waals surface area contributed by atoms with Gasteiger partial charge < -0.3 is 9.84 Å². The third-order valence-electron chi connectivity index (χ3n) is 2.66. The maximum absolute atomic E-state index is 13.7. The number of hydrogen-bond donors (Lipinski definition) is 1. The second-order valence-electron chi connectivity index (χ2n) is 4.23. The second-order valence-corrected chi connectivity index (χ2v) is 4.23. The van der Waals surface area contributed by atoms with E-state index in [1.165, 1.54) is 19.2 Å². The minimum Gasteiger partial charge on any atom is -0.494 e. The molecule has 2 rings (SSSR count). The molecule has 0 spiro atoms. The number of aryl methyl sites for hydroxylation is 1. The van der Waals surface area contributed by atoms with Gasteiger partial charge in [-0.3, -0.25) is 4.79 Å². The molecule has 104 valence electrons. The van der Waals surface area contributed by atoms with Crippen molar-refractivity contribution in [2.45, 2.75) is 13.3 Å². The lowest BCUT2D eigenvalue weighted by atomic mass is 10.1. The van der Waals surface area contributed by atoms with E-state index in [2.05, 4.69) is 9.97 Å². The number of carboxylic acid groups (broad SMARTS) is 1. The molecular weight excluding hydrogens is 263 g/mol. The fourth-order valence-electron chi connectivity index (χ4n) is 1.82. The Kier molecular flexibility index (Phi) is 3.93. The molecule has 0 aliphatic heterocycles. The van der Waals surface area contributed by atoms with E-state index in [0.717, 1.165) is 0 Å². The van der Waals surface area contributed by atoms with Crippen molar-refractivity contribution >= 4 is 5.97 Å².